The van der Waals surface area contributed by atoms with Crippen molar-refractivity contribution in [1.82, 2.24) is 4.57 Å². The van der Waals surface area contributed by atoms with E-state index in [1.807, 2.05) is 26.0 Å². The molecule has 32 heavy (non-hydrogen) atoms. The Kier molecular flexibility index (Phi) is 5.47. The zero-order chi connectivity index (χ0) is 22.8. The van der Waals surface area contributed by atoms with Crippen LogP contribution in [0, 0.1) is 13.8 Å². The highest BCUT2D eigenvalue weighted by atomic mass is 16.4. The molecule has 0 spiro atoms. The van der Waals surface area contributed by atoms with Crippen molar-refractivity contribution in [1.29, 1.82) is 0 Å². The third kappa shape index (κ3) is 3.83. The van der Waals surface area contributed by atoms with Crippen LogP contribution in [0.15, 0.2) is 76.6 Å². The topological polar surface area (TPSA) is 104 Å². The number of hydrazone groups is 1. The summed E-state index contributed by atoms with van der Waals surface area (Å²) in [4.78, 5) is 24.2. The van der Waals surface area contributed by atoms with Gasteiger partial charge in [0.15, 0.2) is 0 Å². The summed E-state index contributed by atoms with van der Waals surface area (Å²) in [5, 5.41) is 25.3. The SMILES string of the molecule is Cc1ccc(-n2c(O)c(C=NNc3ccc(C(=O)O)cc3)c3ccccc3c2=O)cc1C. The summed E-state index contributed by atoms with van der Waals surface area (Å²) in [6.45, 7) is 3.93. The Hall–Kier alpha value is -4.39. The lowest BCUT2D eigenvalue weighted by atomic mass is 10.1. The second-order valence-corrected chi connectivity index (χ2v) is 7.44. The molecule has 0 aliphatic heterocycles. The number of benzene rings is 3. The number of fused-ring (bicyclic) bond motifs is 1. The second kappa shape index (κ2) is 8.39. The van der Waals surface area contributed by atoms with Crippen LogP contribution in [-0.4, -0.2) is 27.0 Å². The number of nitrogens with one attached hydrogen (secondary N) is 1. The normalized spacial score (nSPS) is 11.2. The molecule has 3 aromatic carbocycles. The Morgan fingerprint density at radius 1 is 0.969 bits per heavy atom. The molecule has 0 saturated carbocycles. The van der Waals surface area contributed by atoms with Crippen LogP contribution in [0.25, 0.3) is 16.5 Å². The number of anilines is 1. The molecule has 0 bridgehead atoms. The van der Waals surface area contributed by atoms with Gasteiger partial charge in [0.2, 0.25) is 5.88 Å². The Morgan fingerprint density at radius 2 is 1.66 bits per heavy atom. The first kappa shape index (κ1) is 20.9. The van der Waals surface area contributed by atoms with Gasteiger partial charge in [-0.1, -0.05) is 24.3 Å². The molecule has 1 heterocycles. The average molecular weight is 427 g/mol. The molecular weight excluding hydrogens is 406 g/mol. The van der Waals surface area contributed by atoms with Crippen LogP contribution >= 0.6 is 0 Å². The molecule has 0 unspecified atom stereocenters. The van der Waals surface area contributed by atoms with Crippen LogP contribution in [0.3, 0.4) is 0 Å². The third-order valence-corrected chi connectivity index (χ3v) is 5.37. The number of aromatic hydroxyl groups is 1. The van der Waals surface area contributed by atoms with Gasteiger partial charge in [0, 0.05) is 10.8 Å². The Labute approximate surface area is 183 Å². The van der Waals surface area contributed by atoms with Crippen molar-refractivity contribution in [3.8, 4) is 11.6 Å². The minimum Gasteiger partial charge on any atom is -0.494 e. The molecule has 4 rings (SSSR count). The molecule has 0 amide bonds. The van der Waals surface area contributed by atoms with E-state index >= 15 is 0 Å². The summed E-state index contributed by atoms with van der Waals surface area (Å²) < 4.78 is 1.28. The zero-order valence-electron chi connectivity index (χ0n) is 17.5. The standard InChI is InChI=1S/C25H21N3O4/c1-15-7-12-19(13-16(15)2)28-23(29)21-6-4-3-5-20(21)22(24(28)30)14-26-27-18-10-8-17(9-11-18)25(31)32/h3-14,27,30H,1-2H3,(H,31,32). The molecule has 0 atom stereocenters. The molecule has 160 valence electrons. The summed E-state index contributed by atoms with van der Waals surface area (Å²) in [5.74, 6) is -1.23. The van der Waals surface area contributed by atoms with Crippen molar-refractivity contribution in [3.63, 3.8) is 0 Å². The molecule has 0 aliphatic carbocycles. The largest absolute Gasteiger partial charge is 0.494 e. The molecule has 0 aliphatic rings. The van der Waals surface area contributed by atoms with E-state index < -0.39 is 5.97 Å². The second-order valence-electron chi connectivity index (χ2n) is 7.44. The van der Waals surface area contributed by atoms with Gasteiger partial charge in [-0.2, -0.15) is 5.10 Å². The highest BCUT2D eigenvalue weighted by molar-refractivity contribution is 6.02. The first-order chi connectivity index (χ1) is 15.4. The highest BCUT2D eigenvalue weighted by Crippen LogP contribution is 2.26. The van der Waals surface area contributed by atoms with Crippen LogP contribution in [0.2, 0.25) is 0 Å². The van der Waals surface area contributed by atoms with E-state index in [0.29, 0.717) is 27.7 Å². The highest BCUT2D eigenvalue weighted by Gasteiger charge is 2.16. The minimum absolute atomic E-state index is 0.170. The summed E-state index contributed by atoms with van der Waals surface area (Å²) in [6.07, 6.45) is 1.44. The van der Waals surface area contributed by atoms with E-state index in [0.717, 1.165) is 11.1 Å². The summed E-state index contributed by atoms with van der Waals surface area (Å²) in [7, 11) is 0. The third-order valence-electron chi connectivity index (χ3n) is 5.37. The number of aromatic nitrogens is 1. The Balaban J connectivity index is 1.80. The number of pyridine rings is 1. The summed E-state index contributed by atoms with van der Waals surface area (Å²) in [5.41, 5.74) is 6.28. The van der Waals surface area contributed by atoms with E-state index in [-0.39, 0.29) is 17.0 Å². The number of carboxylic acid groups (broad SMARTS) is 1. The van der Waals surface area contributed by atoms with Gasteiger partial charge in [0.25, 0.3) is 5.56 Å². The number of aromatic carboxylic acids is 1. The molecule has 4 aromatic rings. The van der Waals surface area contributed by atoms with Crippen molar-refractivity contribution in [2.45, 2.75) is 13.8 Å². The Morgan fingerprint density at radius 3 is 2.31 bits per heavy atom. The maximum absolute atomic E-state index is 13.2. The van der Waals surface area contributed by atoms with Crippen LogP contribution in [0.4, 0.5) is 5.69 Å². The maximum atomic E-state index is 13.2. The summed E-state index contributed by atoms with van der Waals surface area (Å²) in [6, 6.07) is 18.7. The number of nitrogens with zero attached hydrogens (tertiary/aromatic N) is 2. The quantitative estimate of drug-likeness (QED) is 0.322. The first-order valence-corrected chi connectivity index (χ1v) is 9.93. The van der Waals surface area contributed by atoms with Gasteiger partial charge in [-0.15, -0.1) is 0 Å². The summed E-state index contributed by atoms with van der Waals surface area (Å²) >= 11 is 0. The van der Waals surface area contributed by atoms with E-state index in [4.69, 9.17) is 5.11 Å². The predicted molar refractivity (Wildman–Crippen MR) is 125 cm³/mol. The van der Waals surface area contributed by atoms with Gasteiger partial charge < -0.3 is 10.2 Å². The molecule has 3 N–H and O–H groups in total. The molecule has 0 saturated heterocycles. The molecule has 0 radical (unpaired) electrons. The zero-order valence-corrected chi connectivity index (χ0v) is 17.5. The molecule has 7 nitrogen and oxygen atoms in total. The fourth-order valence-electron chi connectivity index (χ4n) is 3.45. The van der Waals surface area contributed by atoms with Gasteiger partial charge >= 0.3 is 5.97 Å². The number of carboxylic acids is 1. The molecule has 0 fully saturated rings. The van der Waals surface area contributed by atoms with Crippen molar-refractivity contribution in [2.24, 2.45) is 5.10 Å². The van der Waals surface area contributed by atoms with Crippen molar-refractivity contribution >= 4 is 28.6 Å². The van der Waals surface area contributed by atoms with Gasteiger partial charge in [-0.25, -0.2) is 9.36 Å². The Bertz CT molecular complexity index is 1420. The van der Waals surface area contributed by atoms with E-state index in [9.17, 15) is 14.7 Å². The van der Waals surface area contributed by atoms with Gasteiger partial charge in [0.1, 0.15) is 0 Å². The van der Waals surface area contributed by atoms with Crippen molar-refractivity contribution < 1.29 is 15.0 Å². The predicted octanol–water partition coefficient (Wildman–Crippen LogP) is 4.46. The number of carbonyl (C=O) groups is 1. The van der Waals surface area contributed by atoms with Crippen molar-refractivity contribution in [3.05, 3.63) is 99.3 Å². The van der Waals surface area contributed by atoms with Crippen LogP contribution in [-0.2, 0) is 0 Å². The maximum Gasteiger partial charge on any atom is 0.335 e. The average Bonchev–Trinajstić information content (AvgIpc) is 2.79. The molecule has 7 heteroatoms. The fraction of sp³-hybridized carbons (Fsp3) is 0.0800. The van der Waals surface area contributed by atoms with Gasteiger partial charge in [-0.3, -0.25) is 10.2 Å². The lowest BCUT2D eigenvalue weighted by Crippen LogP contribution is -2.20. The van der Waals surface area contributed by atoms with Crippen LogP contribution < -0.4 is 11.0 Å². The van der Waals surface area contributed by atoms with Crippen molar-refractivity contribution in [2.75, 3.05) is 5.43 Å². The number of aryl methyl sites for hydroxylation is 2. The lowest BCUT2D eigenvalue weighted by Gasteiger charge is -2.14. The van der Waals surface area contributed by atoms with Crippen LogP contribution in [0.1, 0.15) is 27.0 Å². The van der Waals surface area contributed by atoms with Gasteiger partial charge in [-0.05, 0) is 67.4 Å². The molecule has 1 aromatic heterocycles. The lowest BCUT2D eigenvalue weighted by molar-refractivity contribution is 0.0697. The van der Waals surface area contributed by atoms with E-state index in [1.165, 1.54) is 22.9 Å². The van der Waals surface area contributed by atoms with Gasteiger partial charge in [0.05, 0.1) is 28.7 Å². The smallest absolute Gasteiger partial charge is 0.335 e. The van der Waals surface area contributed by atoms with E-state index in [2.05, 4.69) is 10.5 Å². The van der Waals surface area contributed by atoms with E-state index in [1.54, 1.807) is 42.5 Å². The molecular formula is C25H21N3O4. The number of rotatable bonds is 5. The number of hydrogen-bond acceptors (Lipinski definition) is 5. The monoisotopic (exact) mass is 427 g/mol. The first-order valence-electron chi connectivity index (χ1n) is 9.93. The number of hydrogen-bond donors (Lipinski definition) is 3. The van der Waals surface area contributed by atoms with Crippen LogP contribution in [0.5, 0.6) is 5.88 Å². The minimum atomic E-state index is -1.01. The fourth-order valence-corrected chi connectivity index (χ4v) is 3.45.